The first-order chi connectivity index (χ1) is 14.1. The van der Waals surface area contributed by atoms with Crippen LogP contribution in [0.4, 0.5) is 5.69 Å². The summed E-state index contributed by atoms with van der Waals surface area (Å²) in [4.78, 5) is 22.5. The average molecular weight is 400 g/mol. The van der Waals surface area contributed by atoms with Crippen molar-refractivity contribution in [1.29, 1.82) is 0 Å². The van der Waals surface area contributed by atoms with Crippen molar-refractivity contribution < 1.29 is 0 Å². The summed E-state index contributed by atoms with van der Waals surface area (Å²) in [5.74, 6) is 0.737. The highest BCUT2D eigenvalue weighted by molar-refractivity contribution is 7.98. The Kier molecular flexibility index (Phi) is 5.58. The van der Waals surface area contributed by atoms with Crippen molar-refractivity contribution in [2.45, 2.75) is 24.6 Å². The van der Waals surface area contributed by atoms with Gasteiger partial charge in [-0.1, -0.05) is 54.1 Å². The number of nitrogens with zero attached hydrogens (tertiary/aromatic N) is 3. The summed E-state index contributed by atoms with van der Waals surface area (Å²) in [5, 5.41) is 0.698. The minimum atomic E-state index is -0.106. The number of hydrogen-bond acceptors (Lipinski definition) is 4. The molecule has 0 amide bonds. The van der Waals surface area contributed by atoms with E-state index in [0.29, 0.717) is 16.2 Å². The van der Waals surface area contributed by atoms with Crippen molar-refractivity contribution in [3.8, 4) is 0 Å². The number of hydrogen-bond donors (Lipinski definition) is 0. The zero-order valence-electron chi connectivity index (χ0n) is 16.4. The van der Waals surface area contributed by atoms with E-state index in [1.54, 1.807) is 28.6 Å². The summed E-state index contributed by atoms with van der Waals surface area (Å²) in [6.45, 7) is 4.00. The molecule has 0 aliphatic rings. The fourth-order valence-electron chi connectivity index (χ4n) is 3.01. The van der Waals surface area contributed by atoms with E-state index >= 15 is 0 Å². The minimum Gasteiger partial charge on any atom is -0.268 e. The average Bonchev–Trinajstić information content (AvgIpc) is 2.74. The van der Waals surface area contributed by atoms with E-state index in [1.807, 2.05) is 68.4 Å². The Morgan fingerprint density at radius 1 is 1.00 bits per heavy atom. The Labute approximate surface area is 174 Å². The van der Waals surface area contributed by atoms with Crippen molar-refractivity contribution in [3.05, 3.63) is 106 Å². The first-order valence-corrected chi connectivity index (χ1v) is 10.4. The smallest absolute Gasteiger partial charge is 0.267 e. The molecule has 0 aliphatic heterocycles. The summed E-state index contributed by atoms with van der Waals surface area (Å²) >= 11 is 1.56. The maximum atomic E-state index is 13.2. The summed E-state index contributed by atoms with van der Waals surface area (Å²) in [7, 11) is 0. The number of aliphatic imine (C=N–C) groups is 1. The highest BCUT2D eigenvalue weighted by Gasteiger charge is 2.13. The van der Waals surface area contributed by atoms with Gasteiger partial charge in [0.15, 0.2) is 0 Å². The molecule has 4 nitrogen and oxygen atoms in total. The van der Waals surface area contributed by atoms with Crippen molar-refractivity contribution in [3.63, 3.8) is 0 Å². The molecule has 0 saturated carbocycles. The first-order valence-electron chi connectivity index (χ1n) is 9.41. The third-order valence-corrected chi connectivity index (χ3v) is 5.71. The van der Waals surface area contributed by atoms with Gasteiger partial charge in [0.2, 0.25) is 0 Å². The van der Waals surface area contributed by atoms with E-state index in [-0.39, 0.29) is 5.56 Å². The van der Waals surface area contributed by atoms with Gasteiger partial charge in [-0.15, -0.1) is 11.8 Å². The molecule has 0 radical (unpaired) electrons. The van der Waals surface area contributed by atoms with E-state index < -0.39 is 0 Å². The van der Waals surface area contributed by atoms with Gasteiger partial charge >= 0.3 is 0 Å². The molecule has 5 heteroatoms. The molecular weight excluding hydrogens is 378 g/mol. The molecule has 0 aliphatic carbocycles. The molecule has 4 aromatic rings. The van der Waals surface area contributed by atoms with E-state index in [9.17, 15) is 4.79 Å². The van der Waals surface area contributed by atoms with E-state index in [0.717, 1.165) is 17.0 Å². The highest BCUT2D eigenvalue weighted by atomic mass is 32.2. The van der Waals surface area contributed by atoms with Crippen LogP contribution in [-0.4, -0.2) is 15.6 Å². The highest BCUT2D eigenvalue weighted by Crippen LogP contribution is 2.24. The van der Waals surface area contributed by atoms with Gasteiger partial charge in [0.25, 0.3) is 5.56 Å². The number of benzene rings is 2. The predicted octanol–water partition coefficient (Wildman–Crippen LogP) is 5.35. The first kappa shape index (κ1) is 19.2. The SMILES string of the molecule is Cc1ccc(N=Cc2c(SCc3ccccc3)nc3c(C)cccn3c2=O)cc1. The lowest BCUT2D eigenvalue weighted by atomic mass is 10.2. The Bertz CT molecular complexity index is 1230. The Morgan fingerprint density at radius 2 is 1.76 bits per heavy atom. The lowest BCUT2D eigenvalue weighted by molar-refractivity contribution is 0.967. The number of pyridine rings is 1. The molecule has 0 N–H and O–H groups in total. The van der Waals surface area contributed by atoms with Crippen LogP contribution in [0.1, 0.15) is 22.3 Å². The molecule has 0 atom stereocenters. The topological polar surface area (TPSA) is 46.7 Å². The predicted molar refractivity (Wildman–Crippen MR) is 121 cm³/mol. The molecule has 4 rings (SSSR count). The maximum absolute atomic E-state index is 13.2. The van der Waals surface area contributed by atoms with Crippen LogP contribution >= 0.6 is 11.8 Å². The van der Waals surface area contributed by atoms with E-state index in [4.69, 9.17) is 4.98 Å². The van der Waals surface area contributed by atoms with Crippen LogP contribution in [-0.2, 0) is 5.75 Å². The van der Waals surface area contributed by atoms with Crippen molar-refractivity contribution in [1.82, 2.24) is 9.38 Å². The van der Waals surface area contributed by atoms with Crippen molar-refractivity contribution in [2.75, 3.05) is 0 Å². The molecule has 0 bridgehead atoms. The van der Waals surface area contributed by atoms with Gasteiger partial charge in [-0.2, -0.15) is 0 Å². The van der Waals surface area contributed by atoms with Crippen molar-refractivity contribution in [2.24, 2.45) is 4.99 Å². The second-order valence-electron chi connectivity index (χ2n) is 6.89. The van der Waals surface area contributed by atoms with Crippen LogP contribution in [0, 0.1) is 13.8 Å². The Hall–Kier alpha value is -3.18. The summed E-state index contributed by atoms with van der Waals surface area (Å²) in [6.07, 6.45) is 3.40. The largest absolute Gasteiger partial charge is 0.268 e. The van der Waals surface area contributed by atoms with Crippen LogP contribution in [0.15, 0.2) is 87.7 Å². The summed E-state index contributed by atoms with van der Waals surface area (Å²) in [5.41, 5.74) is 5.22. The van der Waals surface area contributed by atoms with E-state index in [2.05, 4.69) is 17.1 Å². The number of thioether (sulfide) groups is 1. The van der Waals surface area contributed by atoms with Crippen molar-refractivity contribution >= 4 is 29.3 Å². The van der Waals surface area contributed by atoms with Gasteiger partial charge in [0.05, 0.1) is 11.3 Å². The molecule has 0 saturated heterocycles. The van der Waals surface area contributed by atoms with Gasteiger partial charge in [-0.05, 0) is 43.2 Å². The van der Waals surface area contributed by atoms with Crippen LogP contribution in [0.2, 0.25) is 0 Å². The lowest BCUT2D eigenvalue weighted by Gasteiger charge is -2.09. The fourth-order valence-corrected chi connectivity index (χ4v) is 3.95. The zero-order valence-corrected chi connectivity index (χ0v) is 17.2. The molecule has 2 aromatic heterocycles. The molecule has 29 heavy (non-hydrogen) atoms. The van der Waals surface area contributed by atoms with Crippen LogP contribution < -0.4 is 5.56 Å². The minimum absolute atomic E-state index is 0.106. The Morgan fingerprint density at radius 3 is 2.52 bits per heavy atom. The zero-order chi connectivity index (χ0) is 20.2. The molecular formula is C24H21N3OS. The second-order valence-corrected chi connectivity index (χ2v) is 7.85. The second kappa shape index (κ2) is 8.45. The monoisotopic (exact) mass is 399 g/mol. The number of aromatic nitrogens is 2. The van der Waals surface area contributed by atoms with Gasteiger partial charge in [-0.3, -0.25) is 14.2 Å². The quantitative estimate of drug-likeness (QED) is 0.258. The molecule has 0 unspecified atom stereocenters. The standard InChI is InChI=1S/C24H21N3OS/c1-17-10-12-20(13-11-17)25-15-21-23(29-16-19-8-4-3-5-9-19)26-22-18(2)7-6-14-27(22)24(21)28/h3-15H,16H2,1-2H3. The Balaban J connectivity index is 1.78. The molecule has 0 fully saturated rings. The van der Waals surface area contributed by atoms with Gasteiger partial charge < -0.3 is 0 Å². The van der Waals surface area contributed by atoms with Gasteiger partial charge in [0.1, 0.15) is 10.7 Å². The molecule has 2 aromatic carbocycles. The summed E-state index contributed by atoms with van der Waals surface area (Å²) < 4.78 is 1.60. The third kappa shape index (κ3) is 4.30. The van der Waals surface area contributed by atoms with Gasteiger partial charge in [-0.25, -0.2) is 4.98 Å². The number of rotatable bonds is 5. The molecule has 0 spiro atoms. The van der Waals surface area contributed by atoms with Crippen LogP contribution in [0.25, 0.3) is 5.65 Å². The molecule has 144 valence electrons. The maximum Gasteiger partial charge on any atom is 0.267 e. The van der Waals surface area contributed by atoms with Crippen LogP contribution in [0.3, 0.4) is 0 Å². The third-order valence-electron chi connectivity index (χ3n) is 4.64. The van der Waals surface area contributed by atoms with Crippen LogP contribution in [0.5, 0.6) is 0 Å². The van der Waals surface area contributed by atoms with Gasteiger partial charge in [0, 0.05) is 18.2 Å². The number of fused-ring (bicyclic) bond motifs is 1. The fraction of sp³-hybridized carbons (Fsp3) is 0.125. The molecule has 2 heterocycles. The normalized spacial score (nSPS) is 11.4. The summed E-state index contributed by atoms with van der Waals surface area (Å²) in [6, 6.07) is 21.9. The van der Waals surface area contributed by atoms with E-state index in [1.165, 1.54) is 11.1 Å². The lowest BCUT2D eigenvalue weighted by Crippen LogP contribution is -2.21. The number of aryl methyl sites for hydroxylation is 2.